The third-order valence-corrected chi connectivity index (χ3v) is 3.45. The second kappa shape index (κ2) is 6.09. The normalized spacial score (nSPS) is 17.7. The Morgan fingerprint density at radius 2 is 1.84 bits per heavy atom. The molecule has 0 saturated heterocycles. The van der Waals surface area contributed by atoms with Gasteiger partial charge in [0.15, 0.2) is 0 Å². The second-order valence-electron chi connectivity index (χ2n) is 4.71. The van der Waals surface area contributed by atoms with Gasteiger partial charge in [0.2, 0.25) is 0 Å². The van der Waals surface area contributed by atoms with Crippen LogP contribution in [-0.2, 0) is 0 Å². The molecule has 0 aromatic heterocycles. The summed E-state index contributed by atoms with van der Waals surface area (Å²) >= 11 is 5.95. The predicted octanol–water partition coefficient (Wildman–Crippen LogP) is 4.11. The molecule has 0 fully saturated rings. The maximum atomic E-state index is 5.95. The fourth-order valence-electron chi connectivity index (χ4n) is 2.25. The zero-order valence-electron chi connectivity index (χ0n) is 11.5. The molecule has 100 valence electrons. The maximum Gasteiger partial charge on any atom is 0.0887 e. The largest absolute Gasteiger partial charge is 0.297 e. The average molecular weight is 275 g/mol. The quantitative estimate of drug-likeness (QED) is 0.835. The molecule has 0 bridgehead atoms. The van der Waals surface area contributed by atoms with Crippen LogP contribution in [0.3, 0.4) is 0 Å². The molecule has 1 aliphatic carbocycles. The van der Waals surface area contributed by atoms with Crippen LogP contribution in [0.2, 0.25) is 5.02 Å². The van der Waals surface area contributed by atoms with Crippen molar-refractivity contribution in [2.45, 2.75) is 19.9 Å². The highest BCUT2D eigenvalue weighted by molar-refractivity contribution is 6.30. The number of halogens is 1. The van der Waals surface area contributed by atoms with Crippen LogP contribution < -0.4 is 10.4 Å². The van der Waals surface area contributed by atoms with Crippen LogP contribution in [0.15, 0.2) is 59.7 Å². The van der Waals surface area contributed by atoms with Crippen molar-refractivity contribution in [1.82, 2.24) is 5.43 Å². The summed E-state index contributed by atoms with van der Waals surface area (Å²) in [6, 6.07) is 8.06. The molecule has 0 aliphatic heterocycles. The summed E-state index contributed by atoms with van der Waals surface area (Å²) in [7, 11) is 1.93. The van der Waals surface area contributed by atoms with Crippen LogP contribution in [0.25, 0.3) is 0 Å². The highest BCUT2D eigenvalue weighted by atomic mass is 35.5. The lowest BCUT2D eigenvalue weighted by atomic mass is 9.97. The van der Waals surface area contributed by atoms with E-state index in [-0.39, 0.29) is 6.04 Å². The standard InChI is InChI=1S/C16H19ClN2/c1-12(2)15-6-4-5-7-16(15)19(18-3)14-10-8-13(17)9-11-14/h4-11,16,18H,1-3H3. The van der Waals surface area contributed by atoms with Crippen LogP contribution in [0.1, 0.15) is 13.8 Å². The van der Waals surface area contributed by atoms with E-state index in [4.69, 9.17) is 11.6 Å². The summed E-state index contributed by atoms with van der Waals surface area (Å²) in [5.41, 5.74) is 6.99. The van der Waals surface area contributed by atoms with E-state index in [9.17, 15) is 0 Å². The van der Waals surface area contributed by atoms with Crippen LogP contribution in [-0.4, -0.2) is 13.1 Å². The molecule has 2 nitrogen and oxygen atoms in total. The molecule has 19 heavy (non-hydrogen) atoms. The van der Waals surface area contributed by atoms with Gasteiger partial charge in [-0.25, -0.2) is 5.43 Å². The van der Waals surface area contributed by atoms with Gasteiger partial charge in [-0.3, -0.25) is 5.01 Å². The Kier molecular flexibility index (Phi) is 4.46. The first-order valence-electron chi connectivity index (χ1n) is 6.38. The first-order chi connectivity index (χ1) is 9.13. The van der Waals surface area contributed by atoms with E-state index in [0.29, 0.717) is 0 Å². The Bertz CT molecular complexity index is 522. The van der Waals surface area contributed by atoms with Crippen LogP contribution in [0.4, 0.5) is 5.69 Å². The monoisotopic (exact) mass is 274 g/mol. The minimum absolute atomic E-state index is 0.196. The molecule has 1 unspecified atom stereocenters. The smallest absolute Gasteiger partial charge is 0.0887 e. The highest BCUT2D eigenvalue weighted by Gasteiger charge is 2.20. The van der Waals surface area contributed by atoms with E-state index < -0.39 is 0 Å². The van der Waals surface area contributed by atoms with Gasteiger partial charge >= 0.3 is 0 Å². The first-order valence-corrected chi connectivity index (χ1v) is 6.75. The molecule has 0 amide bonds. The summed E-state index contributed by atoms with van der Waals surface area (Å²) in [5.74, 6) is 0. The Hall–Kier alpha value is -1.51. The number of hydrazine groups is 1. The van der Waals surface area contributed by atoms with Crippen molar-refractivity contribution in [2.24, 2.45) is 0 Å². The Morgan fingerprint density at radius 3 is 2.42 bits per heavy atom. The molecule has 1 aliphatic rings. The van der Waals surface area contributed by atoms with Crippen LogP contribution >= 0.6 is 11.6 Å². The van der Waals surface area contributed by atoms with Crippen molar-refractivity contribution >= 4 is 17.3 Å². The van der Waals surface area contributed by atoms with E-state index in [1.165, 1.54) is 11.1 Å². The van der Waals surface area contributed by atoms with Crippen molar-refractivity contribution in [3.05, 3.63) is 64.7 Å². The number of benzene rings is 1. The molecule has 1 N–H and O–H groups in total. The number of rotatable bonds is 3. The second-order valence-corrected chi connectivity index (χ2v) is 5.15. The van der Waals surface area contributed by atoms with Crippen molar-refractivity contribution in [3.63, 3.8) is 0 Å². The fraction of sp³-hybridized carbons (Fsp3) is 0.250. The van der Waals surface area contributed by atoms with E-state index >= 15 is 0 Å². The van der Waals surface area contributed by atoms with Gasteiger partial charge in [0.25, 0.3) is 0 Å². The predicted molar refractivity (Wildman–Crippen MR) is 83.4 cm³/mol. The Morgan fingerprint density at radius 1 is 1.16 bits per heavy atom. The lowest BCUT2D eigenvalue weighted by molar-refractivity contribution is 0.670. The summed E-state index contributed by atoms with van der Waals surface area (Å²) in [6.45, 7) is 4.28. The number of nitrogens with zero attached hydrogens (tertiary/aromatic N) is 1. The highest BCUT2D eigenvalue weighted by Crippen LogP contribution is 2.25. The zero-order valence-corrected chi connectivity index (χ0v) is 12.3. The number of hydrogen-bond acceptors (Lipinski definition) is 2. The molecule has 0 spiro atoms. The summed E-state index contributed by atoms with van der Waals surface area (Å²) < 4.78 is 0. The van der Waals surface area contributed by atoms with Crippen LogP contribution in [0.5, 0.6) is 0 Å². The van der Waals surface area contributed by atoms with Crippen molar-refractivity contribution in [1.29, 1.82) is 0 Å². The maximum absolute atomic E-state index is 5.95. The molecule has 3 heteroatoms. The topological polar surface area (TPSA) is 15.3 Å². The van der Waals surface area contributed by atoms with E-state index in [2.05, 4.69) is 48.6 Å². The molecule has 1 atom stereocenters. The lowest BCUT2D eigenvalue weighted by Crippen LogP contribution is -2.44. The number of allylic oxidation sites excluding steroid dienone is 3. The summed E-state index contributed by atoms with van der Waals surface area (Å²) in [5, 5.41) is 2.89. The Balaban J connectivity index is 2.36. The van der Waals surface area contributed by atoms with Crippen LogP contribution in [0, 0.1) is 0 Å². The molecular formula is C16H19ClN2. The van der Waals surface area contributed by atoms with Crippen molar-refractivity contribution < 1.29 is 0 Å². The number of anilines is 1. The van der Waals surface area contributed by atoms with Gasteiger partial charge in [-0.2, -0.15) is 0 Å². The number of nitrogens with one attached hydrogen (secondary N) is 1. The van der Waals surface area contributed by atoms with Crippen molar-refractivity contribution in [3.8, 4) is 0 Å². The van der Waals surface area contributed by atoms with Crippen molar-refractivity contribution in [2.75, 3.05) is 12.1 Å². The molecule has 0 heterocycles. The summed E-state index contributed by atoms with van der Waals surface area (Å²) in [4.78, 5) is 0. The average Bonchev–Trinajstić information content (AvgIpc) is 2.42. The SMILES string of the molecule is CNN(c1ccc(Cl)cc1)C1C=CC=CC1=C(C)C. The molecule has 2 rings (SSSR count). The molecule has 0 saturated carbocycles. The molecular weight excluding hydrogens is 256 g/mol. The Labute approximate surface area is 120 Å². The van der Waals surface area contributed by atoms with E-state index in [1.807, 2.05) is 31.3 Å². The molecule has 1 aromatic rings. The number of hydrogen-bond donors (Lipinski definition) is 1. The third kappa shape index (κ3) is 3.09. The minimum Gasteiger partial charge on any atom is -0.297 e. The third-order valence-electron chi connectivity index (χ3n) is 3.20. The van der Waals surface area contributed by atoms with Gasteiger partial charge in [-0.15, -0.1) is 0 Å². The minimum atomic E-state index is 0.196. The van der Waals surface area contributed by atoms with E-state index in [1.54, 1.807) is 0 Å². The van der Waals surface area contributed by atoms with Gasteiger partial charge in [-0.05, 0) is 43.7 Å². The fourth-order valence-corrected chi connectivity index (χ4v) is 2.37. The van der Waals surface area contributed by atoms with Gasteiger partial charge in [0, 0.05) is 12.1 Å². The van der Waals surface area contributed by atoms with Gasteiger partial charge in [0.1, 0.15) is 0 Å². The first kappa shape index (κ1) is 13.9. The van der Waals surface area contributed by atoms with Gasteiger partial charge in [-0.1, -0.05) is 41.5 Å². The lowest BCUT2D eigenvalue weighted by Gasteiger charge is -2.33. The molecule has 1 aromatic carbocycles. The van der Waals surface area contributed by atoms with Gasteiger partial charge < -0.3 is 0 Å². The molecule has 0 radical (unpaired) electrons. The van der Waals surface area contributed by atoms with Gasteiger partial charge in [0.05, 0.1) is 11.7 Å². The van der Waals surface area contributed by atoms with E-state index in [0.717, 1.165) is 10.7 Å². The summed E-state index contributed by atoms with van der Waals surface area (Å²) in [6.07, 6.45) is 8.51. The zero-order chi connectivity index (χ0) is 13.8.